The predicted molar refractivity (Wildman–Crippen MR) is 225 cm³/mol. The van der Waals surface area contributed by atoms with Crippen LogP contribution in [0.4, 0.5) is 17.1 Å². The van der Waals surface area contributed by atoms with Gasteiger partial charge in [0, 0.05) is 38.9 Å². The summed E-state index contributed by atoms with van der Waals surface area (Å²) in [4.78, 5) is 2.41. The smallest absolute Gasteiger partial charge is 0.0561 e. The molecule has 0 unspecified atom stereocenters. The lowest BCUT2D eigenvalue weighted by Crippen LogP contribution is -2.10. The molecule has 0 atom stereocenters. The van der Waals surface area contributed by atoms with Crippen molar-refractivity contribution < 1.29 is 0 Å². The molecule has 0 aliphatic heterocycles. The summed E-state index contributed by atoms with van der Waals surface area (Å²) in [6.45, 7) is 0. The van der Waals surface area contributed by atoms with E-state index in [1.807, 2.05) is 6.07 Å². The van der Waals surface area contributed by atoms with Crippen LogP contribution in [0.1, 0.15) is 0 Å². The van der Waals surface area contributed by atoms with Crippen LogP contribution in [0, 0.1) is 12.1 Å². The second-order valence-corrected chi connectivity index (χ2v) is 14.3. The number of hydrogen-bond acceptors (Lipinski definition) is 1. The van der Waals surface area contributed by atoms with Crippen LogP contribution in [0.3, 0.4) is 0 Å². The summed E-state index contributed by atoms with van der Waals surface area (Å²) < 4.78 is 2.40. The van der Waals surface area contributed by atoms with Crippen LogP contribution in [-0.4, -0.2) is 4.57 Å². The van der Waals surface area contributed by atoms with Gasteiger partial charge in [0.25, 0.3) is 0 Å². The van der Waals surface area contributed by atoms with E-state index in [4.69, 9.17) is 0 Å². The van der Waals surface area contributed by atoms with Crippen LogP contribution < -0.4 is 4.90 Å². The third kappa shape index (κ3) is 4.07. The number of para-hydroxylation sites is 2. The number of rotatable bonds is 4. The van der Waals surface area contributed by atoms with E-state index in [9.17, 15) is 0 Å². The van der Waals surface area contributed by atoms with Crippen LogP contribution in [0.5, 0.6) is 0 Å². The van der Waals surface area contributed by atoms with Crippen molar-refractivity contribution in [2.45, 2.75) is 0 Å². The second kappa shape index (κ2) is 11.1. The third-order valence-electron chi connectivity index (χ3n) is 11.5. The number of hydrogen-bond donors (Lipinski definition) is 0. The van der Waals surface area contributed by atoms with Crippen molar-refractivity contribution in [1.29, 1.82) is 0 Å². The molecule has 12 rings (SSSR count). The van der Waals surface area contributed by atoms with Crippen molar-refractivity contribution in [3.8, 4) is 61.3 Å². The van der Waals surface area contributed by atoms with Crippen molar-refractivity contribution >= 4 is 49.6 Å². The summed E-state index contributed by atoms with van der Waals surface area (Å²) in [6, 6.07) is 73.3. The summed E-state index contributed by atoms with van der Waals surface area (Å²) in [5, 5.41) is 4.65. The molecule has 1 heterocycles. The minimum absolute atomic E-state index is 1.04. The van der Waals surface area contributed by atoms with Crippen molar-refractivity contribution in [1.82, 2.24) is 4.57 Å². The fraction of sp³-hybridized carbons (Fsp3) is 0. The Kier molecular flexibility index (Phi) is 6.00. The maximum absolute atomic E-state index is 3.38. The second-order valence-electron chi connectivity index (χ2n) is 14.3. The maximum atomic E-state index is 3.38. The molecule has 2 nitrogen and oxygen atoms in total. The molecule has 2 aliphatic carbocycles. The average molecular weight is 683 g/mol. The quantitative estimate of drug-likeness (QED) is 0.179. The summed E-state index contributed by atoms with van der Waals surface area (Å²) in [5.41, 5.74) is 19.6. The lowest BCUT2D eigenvalue weighted by molar-refractivity contribution is 1.18. The Morgan fingerprint density at radius 3 is 1.81 bits per heavy atom. The predicted octanol–water partition coefficient (Wildman–Crippen LogP) is 14.0. The van der Waals surface area contributed by atoms with Crippen molar-refractivity contribution in [2.75, 3.05) is 4.90 Å². The van der Waals surface area contributed by atoms with Gasteiger partial charge in [0.05, 0.1) is 11.0 Å². The van der Waals surface area contributed by atoms with Crippen molar-refractivity contribution in [2.24, 2.45) is 0 Å². The fourth-order valence-electron chi connectivity index (χ4n) is 9.22. The molecular weight excluding hydrogens is 653 g/mol. The molecule has 0 fully saturated rings. The van der Waals surface area contributed by atoms with Gasteiger partial charge in [0.1, 0.15) is 0 Å². The fourth-order valence-corrected chi connectivity index (χ4v) is 9.22. The van der Waals surface area contributed by atoms with E-state index in [0.717, 1.165) is 33.5 Å². The first-order valence-electron chi connectivity index (χ1n) is 18.5. The first kappa shape index (κ1) is 29.3. The Morgan fingerprint density at radius 2 is 0.981 bits per heavy atom. The molecule has 0 N–H and O–H groups in total. The van der Waals surface area contributed by atoms with E-state index >= 15 is 0 Å². The zero-order chi connectivity index (χ0) is 35.3. The number of fused-ring (bicyclic) bond motifs is 8. The SMILES string of the molecule is c1ccc2ccc(N(c3ccc4c(c3)-c3c5cccc3-c3cccc-4c3-c3ccccc3-5)c3ccc4c5ccccc5n(-c5ccccc5)c4c3)cc2c#1. The zero-order valence-corrected chi connectivity index (χ0v) is 29.2. The van der Waals surface area contributed by atoms with Crippen LogP contribution in [0.2, 0.25) is 0 Å². The molecule has 2 aliphatic rings. The van der Waals surface area contributed by atoms with Crippen molar-refractivity contribution in [3.05, 3.63) is 194 Å². The molecular formula is C52H30N2. The molecule has 10 aromatic rings. The van der Waals surface area contributed by atoms with Crippen LogP contribution >= 0.6 is 0 Å². The van der Waals surface area contributed by atoms with Crippen LogP contribution in [0.25, 0.3) is 93.9 Å². The molecule has 0 saturated heterocycles. The van der Waals surface area contributed by atoms with Crippen LogP contribution in [-0.2, 0) is 0 Å². The monoisotopic (exact) mass is 682 g/mol. The van der Waals surface area contributed by atoms with Gasteiger partial charge < -0.3 is 9.47 Å². The minimum Gasteiger partial charge on any atom is -0.310 e. The molecule has 0 saturated carbocycles. The topological polar surface area (TPSA) is 8.17 Å². The van der Waals surface area contributed by atoms with E-state index in [2.05, 4.69) is 198 Å². The van der Waals surface area contributed by atoms with Gasteiger partial charge in [0.2, 0.25) is 0 Å². The molecule has 248 valence electrons. The molecule has 1 aromatic heterocycles. The van der Waals surface area contributed by atoms with E-state index < -0.39 is 0 Å². The minimum atomic E-state index is 1.04. The average Bonchev–Trinajstić information content (AvgIpc) is 3.51. The van der Waals surface area contributed by atoms with Gasteiger partial charge in [0.15, 0.2) is 0 Å². The number of benzene rings is 8. The summed E-state index contributed by atoms with van der Waals surface area (Å²) in [6.07, 6.45) is 0. The first-order chi connectivity index (χ1) is 26.8. The van der Waals surface area contributed by atoms with E-state index in [1.54, 1.807) is 0 Å². The Labute approximate surface area is 313 Å². The third-order valence-corrected chi connectivity index (χ3v) is 11.5. The lowest BCUT2D eigenvalue weighted by Gasteiger charge is -2.28. The Morgan fingerprint density at radius 1 is 0.389 bits per heavy atom. The summed E-state index contributed by atoms with van der Waals surface area (Å²) >= 11 is 0. The highest BCUT2D eigenvalue weighted by molar-refractivity contribution is 6.15. The molecule has 6 bridgehead atoms. The molecule has 9 aromatic carbocycles. The van der Waals surface area contributed by atoms with Gasteiger partial charge in [-0.3, -0.25) is 0 Å². The highest BCUT2D eigenvalue weighted by Crippen LogP contribution is 2.57. The Hall–Kier alpha value is -7.34. The van der Waals surface area contributed by atoms with Gasteiger partial charge in [-0.2, -0.15) is 0 Å². The molecule has 2 heteroatoms. The number of anilines is 3. The highest BCUT2D eigenvalue weighted by Gasteiger charge is 2.31. The normalized spacial score (nSPS) is 11.9. The number of aromatic nitrogens is 1. The first-order valence-corrected chi connectivity index (χ1v) is 18.5. The van der Waals surface area contributed by atoms with Crippen molar-refractivity contribution in [3.63, 3.8) is 0 Å². The van der Waals surface area contributed by atoms with Gasteiger partial charge >= 0.3 is 0 Å². The van der Waals surface area contributed by atoms with Gasteiger partial charge in [-0.1, -0.05) is 127 Å². The molecule has 54 heavy (non-hydrogen) atoms. The largest absolute Gasteiger partial charge is 0.310 e. The van der Waals surface area contributed by atoms with Gasteiger partial charge in [-0.15, -0.1) is 0 Å². The number of nitrogens with zero attached hydrogens (tertiary/aromatic N) is 2. The molecule has 0 radical (unpaired) electrons. The van der Waals surface area contributed by atoms with E-state index in [0.29, 0.717) is 0 Å². The maximum Gasteiger partial charge on any atom is 0.0561 e. The Bertz CT molecular complexity index is 3140. The highest BCUT2D eigenvalue weighted by atomic mass is 15.1. The Balaban J connectivity index is 1.14. The van der Waals surface area contributed by atoms with E-state index in [-0.39, 0.29) is 0 Å². The molecule has 0 amide bonds. The summed E-state index contributed by atoms with van der Waals surface area (Å²) in [5.74, 6) is 0. The standard InChI is InChI=1S/C52H30N2/c1-2-14-35(15-3-1)54-49-23-9-8-17-41(49)42-29-27-38(32-50(42)54)53(36-25-24-33-12-4-5-13-34(33)30-36)37-26-28-40-45-20-11-21-46-47-22-10-19-44(52(47)48(40)31-37)39-16-6-7-18-43(39)51(45)46/h1-4,6-12,14-32H. The van der Waals surface area contributed by atoms with E-state index in [1.165, 1.54) is 77.4 Å². The lowest BCUT2D eigenvalue weighted by atomic mass is 9.83. The molecule has 0 spiro atoms. The van der Waals surface area contributed by atoms with Gasteiger partial charge in [-0.25, -0.2) is 0 Å². The van der Waals surface area contributed by atoms with Crippen LogP contribution in [0.15, 0.2) is 182 Å². The summed E-state index contributed by atoms with van der Waals surface area (Å²) in [7, 11) is 0. The zero-order valence-electron chi connectivity index (χ0n) is 29.2. The van der Waals surface area contributed by atoms with Gasteiger partial charge in [-0.05, 0) is 128 Å².